The van der Waals surface area contributed by atoms with E-state index >= 15 is 0 Å². The molecule has 0 aromatic heterocycles. The van der Waals surface area contributed by atoms with Crippen LogP contribution in [0.3, 0.4) is 0 Å². The second kappa shape index (κ2) is 4.93. The Morgan fingerprint density at radius 1 is 1.70 bits per heavy atom. The van der Waals surface area contributed by atoms with Gasteiger partial charge in [0.2, 0.25) is 0 Å². The van der Waals surface area contributed by atoms with Gasteiger partial charge in [-0.3, -0.25) is 4.79 Å². The van der Waals surface area contributed by atoms with Gasteiger partial charge in [-0.25, -0.2) is 0 Å². The van der Waals surface area contributed by atoms with Crippen molar-refractivity contribution in [2.24, 2.45) is 11.7 Å². The van der Waals surface area contributed by atoms with Gasteiger partial charge in [-0.05, 0) is 6.42 Å². The average molecular weight is 145 g/mol. The van der Waals surface area contributed by atoms with Crippen LogP contribution in [0, 0.1) is 5.92 Å². The summed E-state index contributed by atoms with van der Waals surface area (Å²) in [5, 5.41) is 8.40. The first-order chi connectivity index (χ1) is 4.72. The van der Waals surface area contributed by atoms with Gasteiger partial charge >= 0.3 is 5.97 Å². The molecule has 0 amide bonds. The fraction of sp³-hybridized carbons (Fsp3) is 0.667. The lowest BCUT2D eigenvalue weighted by Gasteiger charge is -2.04. The predicted molar refractivity (Wildman–Crippen MR) is 35.5 cm³/mol. The van der Waals surface area contributed by atoms with E-state index in [0.717, 1.165) is 0 Å². The van der Waals surface area contributed by atoms with Gasteiger partial charge in [0.05, 0.1) is 5.92 Å². The van der Waals surface area contributed by atoms with Crippen molar-refractivity contribution in [3.8, 4) is 0 Å². The molecule has 0 saturated heterocycles. The van der Waals surface area contributed by atoms with Gasteiger partial charge in [-0.15, -0.1) is 0 Å². The van der Waals surface area contributed by atoms with Crippen LogP contribution in [0.15, 0.2) is 0 Å². The lowest BCUT2D eigenvalue weighted by Crippen LogP contribution is -2.23. The Hall–Kier alpha value is -0.900. The molecule has 3 N–H and O–H groups in total. The smallest absolute Gasteiger partial charge is 0.307 e. The van der Waals surface area contributed by atoms with Gasteiger partial charge in [0.25, 0.3) is 0 Å². The predicted octanol–water partition coefficient (Wildman–Crippen LogP) is -0.375. The Labute approximate surface area is 59.0 Å². The van der Waals surface area contributed by atoms with Crippen molar-refractivity contribution in [1.29, 1.82) is 0 Å². The topological polar surface area (TPSA) is 80.4 Å². The number of hydrogen-bond donors (Lipinski definition) is 2. The quantitative estimate of drug-likeness (QED) is 0.517. The van der Waals surface area contributed by atoms with E-state index in [4.69, 9.17) is 10.8 Å². The number of hydrogen-bond acceptors (Lipinski definition) is 3. The van der Waals surface area contributed by atoms with Crippen LogP contribution in [0.25, 0.3) is 0 Å². The number of carboxylic acids is 1. The van der Waals surface area contributed by atoms with Crippen LogP contribution >= 0.6 is 0 Å². The van der Waals surface area contributed by atoms with Gasteiger partial charge in [-0.1, -0.05) is 0 Å². The maximum absolute atomic E-state index is 10.2. The zero-order chi connectivity index (χ0) is 7.98. The second-order valence-electron chi connectivity index (χ2n) is 2.01. The zero-order valence-corrected chi connectivity index (χ0v) is 5.62. The Balaban J connectivity index is 3.60. The van der Waals surface area contributed by atoms with Crippen LogP contribution in [0.1, 0.15) is 12.8 Å². The Morgan fingerprint density at radius 3 is 2.60 bits per heavy atom. The molecule has 0 aromatic carbocycles. The minimum Gasteiger partial charge on any atom is -0.481 e. The van der Waals surface area contributed by atoms with Crippen molar-refractivity contribution in [3.63, 3.8) is 0 Å². The van der Waals surface area contributed by atoms with Crippen LogP contribution in [0.5, 0.6) is 0 Å². The van der Waals surface area contributed by atoms with E-state index < -0.39 is 11.9 Å². The van der Waals surface area contributed by atoms with E-state index in [1.54, 1.807) is 0 Å². The molecule has 0 fully saturated rings. The summed E-state index contributed by atoms with van der Waals surface area (Å²) in [6.45, 7) is 0.100. The molecule has 0 heterocycles. The third-order valence-corrected chi connectivity index (χ3v) is 1.27. The number of aliphatic carboxylic acids is 1. The van der Waals surface area contributed by atoms with Crippen LogP contribution in [-0.4, -0.2) is 23.9 Å². The normalized spacial score (nSPS) is 12.5. The van der Waals surface area contributed by atoms with Crippen LogP contribution in [-0.2, 0) is 9.59 Å². The van der Waals surface area contributed by atoms with Gasteiger partial charge in [0, 0.05) is 13.0 Å². The highest BCUT2D eigenvalue weighted by atomic mass is 16.4. The molecule has 0 radical (unpaired) electrons. The SMILES string of the molecule is NCC(CCC=O)C(=O)O. The van der Waals surface area contributed by atoms with Crippen molar-refractivity contribution in [2.75, 3.05) is 6.54 Å². The maximum Gasteiger partial charge on any atom is 0.307 e. The summed E-state index contributed by atoms with van der Waals surface area (Å²) in [5.74, 6) is -1.49. The molecule has 0 aliphatic heterocycles. The molecule has 0 aliphatic rings. The maximum atomic E-state index is 10.2. The fourth-order valence-corrected chi connectivity index (χ4v) is 0.611. The number of nitrogens with two attached hydrogens (primary N) is 1. The molecule has 4 nitrogen and oxygen atoms in total. The summed E-state index contributed by atoms with van der Waals surface area (Å²) < 4.78 is 0. The number of carbonyl (C=O) groups is 2. The van der Waals surface area contributed by atoms with Crippen molar-refractivity contribution in [3.05, 3.63) is 0 Å². The number of rotatable bonds is 5. The summed E-state index contributed by atoms with van der Waals surface area (Å²) >= 11 is 0. The molecule has 0 spiro atoms. The van der Waals surface area contributed by atoms with E-state index in [0.29, 0.717) is 12.7 Å². The van der Waals surface area contributed by atoms with Crippen LogP contribution in [0.2, 0.25) is 0 Å². The Kier molecular flexibility index (Phi) is 4.49. The largest absolute Gasteiger partial charge is 0.481 e. The number of carbonyl (C=O) groups excluding carboxylic acids is 1. The minimum absolute atomic E-state index is 0.100. The third kappa shape index (κ3) is 3.19. The molecular weight excluding hydrogens is 134 g/mol. The molecule has 4 heteroatoms. The molecule has 10 heavy (non-hydrogen) atoms. The van der Waals surface area contributed by atoms with Crippen molar-refractivity contribution < 1.29 is 14.7 Å². The van der Waals surface area contributed by atoms with Crippen molar-refractivity contribution in [2.45, 2.75) is 12.8 Å². The Morgan fingerprint density at radius 2 is 2.30 bits per heavy atom. The lowest BCUT2D eigenvalue weighted by atomic mass is 10.1. The number of aldehydes is 1. The highest BCUT2D eigenvalue weighted by Gasteiger charge is 2.13. The molecule has 1 unspecified atom stereocenters. The average Bonchev–Trinajstić information content (AvgIpc) is 1.89. The molecular formula is C6H11NO3. The van der Waals surface area contributed by atoms with Crippen molar-refractivity contribution in [1.82, 2.24) is 0 Å². The molecule has 0 rings (SSSR count). The molecule has 58 valence electrons. The summed E-state index contributed by atoms with van der Waals surface area (Å²) in [4.78, 5) is 20.1. The standard InChI is InChI=1S/C6H11NO3/c7-4-5(6(9)10)2-1-3-8/h3,5H,1-2,4,7H2,(H,9,10). The summed E-state index contributed by atoms with van der Waals surface area (Å²) in [5.41, 5.74) is 5.12. The van der Waals surface area contributed by atoms with Gasteiger partial charge in [0.15, 0.2) is 0 Å². The van der Waals surface area contributed by atoms with Crippen LogP contribution < -0.4 is 5.73 Å². The first kappa shape index (κ1) is 9.10. The highest BCUT2D eigenvalue weighted by molar-refractivity contribution is 5.70. The summed E-state index contributed by atoms with van der Waals surface area (Å²) in [6.07, 6.45) is 1.31. The van der Waals surface area contributed by atoms with Gasteiger partial charge < -0.3 is 15.6 Å². The van der Waals surface area contributed by atoms with E-state index in [1.165, 1.54) is 0 Å². The van der Waals surface area contributed by atoms with E-state index in [1.807, 2.05) is 0 Å². The van der Waals surface area contributed by atoms with E-state index in [-0.39, 0.29) is 13.0 Å². The first-order valence-corrected chi connectivity index (χ1v) is 3.09. The van der Waals surface area contributed by atoms with E-state index in [9.17, 15) is 9.59 Å². The summed E-state index contributed by atoms with van der Waals surface area (Å²) in [6, 6.07) is 0. The fourth-order valence-electron chi connectivity index (χ4n) is 0.611. The van der Waals surface area contributed by atoms with Gasteiger partial charge in [-0.2, -0.15) is 0 Å². The monoisotopic (exact) mass is 145 g/mol. The van der Waals surface area contributed by atoms with Gasteiger partial charge in [0.1, 0.15) is 6.29 Å². The first-order valence-electron chi connectivity index (χ1n) is 3.09. The molecule has 0 aromatic rings. The van der Waals surface area contributed by atoms with Crippen molar-refractivity contribution >= 4 is 12.3 Å². The third-order valence-electron chi connectivity index (χ3n) is 1.27. The van der Waals surface area contributed by atoms with E-state index in [2.05, 4.69) is 0 Å². The molecule has 1 atom stereocenters. The highest BCUT2D eigenvalue weighted by Crippen LogP contribution is 2.02. The molecule has 0 saturated carbocycles. The summed E-state index contributed by atoms with van der Waals surface area (Å²) in [7, 11) is 0. The molecule has 0 bridgehead atoms. The lowest BCUT2D eigenvalue weighted by molar-refractivity contribution is -0.141. The molecule has 0 aliphatic carbocycles. The Bertz CT molecular complexity index is 124. The van der Waals surface area contributed by atoms with Crippen LogP contribution in [0.4, 0.5) is 0 Å². The second-order valence-corrected chi connectivity index (χ2v) is 2.01. The number of carboxylic acid groups (broad SMARTS) is 1. The zero-order valence-electron chi connectivity index (χ0n) is 5.62. The minimum atomic E-state index is -0.927.